The molecule has 0 bridgehead atoms. The van der Waals surface area contributed by atoms with Crippen molar-refractivity contribution in [1.29, 1.82) is 0 Å². The summed E-state index contributed by atoms with van der Waals surface area (Å²) in [7, 11) is 0. The Morgan fingerprint density at radius 2 is 1.68 bits per heavy atom. The van der Waals surface area contributed by atoms with Gasteiger partial charge in [0.15, 0.2) is 12.4 Å². The van der Waals surface area contributed by atoms with E-state index in [0.29, 0.717) is 10.5 Å². The van der Waals surface area contributed by atoms with Gasteiger partial charge in [0, 0.05) is 10.5 Å². The molecule has 2 aromatic rings. The van der Waals surface area contributed by atoms with Crippen molar-refractivity contribution in [3.8, 4) is 5.75 Å². The molecule has 1 aliphatic rings. The van der Waals surface area contributed by atoms with E-state index in [1.54, 1.807) is 0 Å². The fraction of sp³-hybridized carbons (Fsp3) is 0.0625. The second-order valence-electron chi connectivity index (χ2n) is 4.33. The van der Waals surface area contributed by atoms with Gasteiger partial charge in [-0.15, -0.1) is 12.6 Å². The van der Waals surface area contributed by atoms with Crippen LogP contribution in [0.25, 0.3) is 4.91 Å². The van der Waals surface area contributed by atoms with Crippen molar-refractivity contribution in [2.75, 3.05) is 0 Å². The molecule has 3 rings (SSSR count). The Hall–Kier alpha value is -2.00. The van der Waals surface area contributed by atoms with Crippen molar-refractivity contribution in [1.82, 2.24) is 0 Å². The molecular formula is C16H12O2S. The third-order valence-electron chi connectivity index (χ3n) is 3.17. The van der Waals surface area contributed by atoms with E-state index in [9.17, 15) is 4.79 Å². The number of ether oxygens (including phenoxy) is 1. The number of rotatable bonds is 2. The Kier molecular flexibility index (Phi) is 3.13. The van der Waals surface area contributed by atoms with Gasteiger partial charge in [-0.1, -0.05) is 48.5 Å². The molecule has 1 atom stereocenters. The van der Waals surface area contributed by atoms with Gasteiger partial charge in [0.25, 0.3) is 0 Å². The molecule has 0 spiro atoms. The van der Waals surface area contributed by atoms with Crippen molar-refractivity contribution < 1.29 is 9.53 Å². The predicted octanol–water partition coefficient (Wildman–Crippen LogP) is 3.66. The average Bonchev–Trinajstić information content (AvgIpc) is 2.48. The minimum atomic E-state index is -0.388. The molecular weight excluding hydrogens is 256 g/mol. The molecule has 19 heavy (non-hydrogen) atoms. The molecule has 3 heteroatoms. The van der Waals surface area contributed by atoms with E-state index in [1.807, 2.05) is 54.6 Å². The van der Waals surface area contributed by atoms with Crippen molar-refractivity contribution >= 4 is 23.8 Å². The molecule has 2 aromatic carbocycles. The third kappa shape index (κ3) is 2.06. The van der Waals surface area contributed by atoms with Crippen LogP contribution in [0.1, 0.15) is 17.2 Å². The zero-order valence-corrected chi connectivity index (χ0v) is 11.0. The smallest absolute Gasteiger partial charge is 0.153 e. The highest BCUT2D eigenvalue weighted by atomic mass is 32.1. The first-order chi connectivity index (χ1) is 9.31. The number of thiol groups is 1. The number of carbonyl (C=O) groups excluding carboxylic acids is 1. The van der Waals surface area contributed by atoms with Gasteiger partial charge in [-0.3, -0.25) is 4.79 Å². The average molecular weight is 268 g/mol. The lowest BCUT2D eigenvalue weighted by molar-refractivity contribution is -0.105. The van der Waals surface area contributed by atoms with Gasteiger partial charge < -0.3 is 4.74 Å². The molecule has 94 valence electrons. The Bertz CT molecular complexity index is 647. The van der Waals surface area contributed by atoms with Crippen LogP contribution in [0.5, 0.6) is 5.75 Å². The Balaban J connectivity index is 2.15. The van der Waals surface area contributed by atoms with E-state index in [1.165, 1.54) is 0 Å². The van der Waals surface area contributed by atoms with Gasteiger partial charge in [-0.25, -0.2) is 0 Å². The highest BCUT2D eigenvalue weighted by Gasteiger charge is 2.27. The van der Waals surface area contributed by atoms with Gasteiger partial charge in [-0.05, 0) is 11.6 Å². The van der Waals surface area contributed by atoms with E-state index in [2.05, 4.69) is 12.6 Å². The van der Waals surface area contributed by atoms with E-state index in [4.69, 9.17) is 4.74 Å². The first kappa shape index (κ1) is 12.1. The molecule has 0 radical (unpaired) electrons. The molecule has 2 nitrogen and oxygen atoms in total. The summed E-state index contributed by atoms with van der Waals surface area (Å²) in [6.45, 7) is 0. The topological polar surface area (TPSA) is 26.3 Å². The molecule has 0 fully saturated rings. The van der Waals surface area contributed by atoms with Gasteiger partial charge in [0.05, 0.1) is 5.57 Å². The normalized spacial score (nSPS) is 17.6. The standard InChI is InChI=1S/C16H12O2S/c17-10-13-15(11-6-2-1-3-7-11)18-14-9-5-4-8-12(14)16(13)19/h1-10,15,19H. The maximum absolute atomic E-state index is 11.4. The van der Waals surface area contributed by atoms with Crippen LogP contribution >= 0.6 is 12.6 Å². The summed E-state index contributed by atoms with van der Waals surface area (Å²) in [5, 5.41) is 0. The first-order valence-electron chi connectivity index (χ1n) is 6.00. The highest BCUT2D eigenvalue weighted by Crippen LogP contribution is 2.42. The van der Waals surface area contributed by atoms with E-state index in [-0.39, 0.29) is 6.10 Å². The number of aldehydes is 1. The van der Waals surface area contributed by atoms with Crippen LogP contribution in [-0.2, 0) is 4.79 Å². The number of fused-ring (bicyclic) bond motifs is 1. The third-order valence-corrected chi connectivity index (χ3v) is 3.67. The van der Waals surface area contributed by atoms with Crippen molar-refractivity contribution in [3.05, 3.63) is 71.3 Å². The molecule has 0 N–H and O–H groups in total. The molecule has 1 heterocycles. The van der Waals surface area contributed by atoms with Crippen molar-refractivity contribution in [2.24, 2.45) is 0 Å². The molecule has 1 aliphatic heterocycles. The van der Waals surface area contributed by atoms with Gasteiger partial charge in [0.1, 0.15) is 5.75 Å². The lowest BCUT2D eigenvalue weighted by Crippen LogP contribution is -2.17. The number of benzene rings is 2. The minimum absolute atomic E-state index is 0.388. The maximum Gasteiger partial charge on any atom is 0.153 e. The molecule has 0 aliphatic carbocycles. The second kappa shape index (κ2) is 4.94. The van der Waals surface area contributed by atoms with Gasteiger partial charge in [0.2, 0.25) is 0 Å². The Morgan fingerprint density at radius 3 is 2.42 bits per heavy atom. The lowest BCUT2D eigenvalue weighted by atomic mass is 9.97. The SMILES string of the molecule is O=CC1=C(S)c2ccccc2OC1c1ccccc1. The fourth-order valence-corrected chi connectivity index (χ4v) is 2.58. The zero-order valence-electron chi connectivity index (χ0n) is 10.1. The lowest BCUT2D eigenvalue weighted by Gasteiger charge is -2.27. The van der Waals surface area contributed by atoms with E-state index in [0.717, 1.165) is 23.2 Å². The molecule has 0 saturated carbocycles. The Morgan fingerprint density at radius 1 is 1.00 bits per heavy atom. The first-order valence-corrected chi connectivity index (χ1v) is 6.45. The van der Waals surface area contributed by atoms with Crippen LogP contribution < -0.4 is 4.74 Å². The summed E-state index contributed by atoms with van der Waals surface area (Å²) in [6, 6.07) is 17.3. The number of carbonyl (C=O) groups is 1. The summed E-state index contributed by atoms with van der Waals surface area (Å²) >= 11 is 4.49. The van der Waals surface area contributed by atoms with Crippen LogP contribution in [0.3, 0.4) is 0 Å². The zero-order chi connectivity index (χ0) is 13.2. The van der Waals surface area contributed by atoms with E-state index < -0.39 is 0 Å². The summed E-state index contributed by atoms with van der Waals surface area (Å²) < 4.78 is 5.95. The molecule has 1 unspecified atom stereocenters. The summed E-state index contributed by atoms with van der Waals surface area (Å²) in [4.78, 5) is 12.1. The monoisotopic (exact) mass is 268 g/mol. The van der Waals surface area contributed by atoms with Crippen molar-refractivity contribution in [2.45, 2.75) is 6.10 Å². The number of hydrogen-bond donors (Lipinski definition) is 1. The van der Waals surface area contributed by atoms with Crippen LogP contribution in [0.4, 0.5) is 0 Å². The quantitative estimate of drug-likeness (QED) is 0.664. The highest BCUT2D eigenvalue weighted by molar-refractivity contribution is 7.90. The molecule has 0 saturated heterocycles. The summed E-state index contributed by atoms with van der Waals surface area (Å²) in [6.07, 6.45) is 0.441. The van der Waals surface area contributed by atoms with Crippen LogP contribution in [0, 0.1) is 0 Å². The maximum atomic E-state index is 11.4. The van der Waals surface area contributed by atoms with Crippen LogP contribution in [0.15, 0.2) is 60.2 Å². The largest absolute Gasteiger partial charge is 0.480 e. The fourth-order valence-electron chi connectivity index (χ4n) is 2.23. The number of hydrogen-bond acceptors (Lipinski definition) is 3. The van der Waals surface area contributed by atoms with Gasteiger partial charge in [-0.2, -0.15) is 0 Å². The minimum Gasteiger partial charge on any atom is -0.480 e. The molecule has 0 aromatic heterocycles. The van der Waals surface area contributed by atoms with Crippen molar-refractivity contribution in [3.63, 3.8) is 0 Å². The number of para-hydroxylation sites is 1. The predicted molar refractivity (Wildman–Crippen MR) is 78.2 cm³/mol. The summed E-state index contributed by atoms with van der Waals surface area (Å²) in [5.41, 5.74) is 2.37. The second-order valence-corrected chi connectivity index (χ2v) is 4.77. The summed E-state index contributed by atoms with van der Waals surface area (Å²) in [5.74, 6) is 0.756. The van der Waals surface area contributed by atoms with E-state index >= 15 is 0 Å². The van der Waals surface area contributed by atoms with Gasteiger partial charge >= 0.3 is 0 Å². The molecule has 0 amide bonds. The van der Waals surface area contributed by atoms with Crippen LogP contribution in [0.2, 0.25) is 0 Å². The van der Waals surface area contributed by atoms with Crippen LogP contribution in [-0.4, -0.2) is 6.29 Å². The Labute approximate surface area is 117 Å².